The number of carbonyl (C=O) groups is 1. The average molecular weight is 448 g/mol. The van der Waals surface area contributed by atoms with Crippen LogP contribution in [-0.4, -0.2) is 60.0 Å². The number of sulfonamides is 1. The van der Waals surface area contributed by atoms with Gasteiger partial charge in [-0.25, -0.2) is 12.7 Å². The van der Waals surface area contributed by atoms with E-state index in [0.717, 1.165) is 42.3 Å². The molecule has 1 heterocycles. The van der Waals surface area contributed by atoms with Crippen molar-refractivity contribution in [1.29, 1.82) is 0 Å². The standard InChI is InChI=1S/C22H29N3O5S/c1-24(2)31(27,28)17-9-11-20(25-12-6-5-7-13-25)18(15-17)22(26)23-19-10-8-16(29-3)14-21(19)30-4/h8-11,14-15H,5-7,12-13H2,1-4H3,(H,23,26). The first-order chi connectivity index (χ1) is 14.8. The van der Waals surface area contributed by atoms with Gasteiger partial charge in [-0.1, -0.05) is 0 Å². The zero-order chi connectivity index (χ0) is 22.6. The quantitative estimate of drug-likeness (QED) is 0.701. The monoisotopic (exact) mass is 447 g/mol. The summed E-state index contributed by atoms with van der Waals surface area (Å²) in [5.41, 5.74) is 1.50. The van der Waals surface area contributed by atoms with Crippen LogP contribution in [0.2, 0.25) is 0 Å². The smallest absolute Gasteiger partial charge is 0.257 e. The molecule has 0 atom stereocenters. The van der Waals surface area contributed by atoms with Gasteiger partial charge in [-0.15, -0.1) is 0 Å². The summed E-state index contributed by atoms with van der Waals surface area (Å²) in [7, 11) is 2.31. The Balaban J connectivity index is 2.03. The minimum Gasteiger partial charge on any atom is -0.497 e. The van der Waals surface area contributed by atoms with Gasteiger partial charge in [0.25, 0.3) is 5.91 Å². The summed E-state index contributed by atoms with van der Waals surface area (Å²) in [6.45, 7) is 1.65. The van der Waals surface area contributed by atoms with Crippen LogP contribution in [0.4, 0.5) is 11.4 Å². The summed E-state index contributed by atoms with van der Waals surface area (Å²) < 4.78 is 37.1. The zero-order valence-electron chi connectivity index (χ0n) is 18.3. The fourth-order valence-corrected chi connectivity index (χ4v) is 4.50. The topological polar surface area (TPSA) is 88.2 Å². The van der Waals surface area contributed by atoms with Crippen molar-refractivity contribution in [2.24, 2.45) is 0 Å². The van der Waals surface area contributed by atoms with Gasteiger partial charge in [-0.05, 0) is 49.6 Å². The van der Waals surface area contributed by atoms with Crippen LogP contribution < -0.4 is 19.7 Å². The van der Waals surface area contributed by atoms with E-state index in [-0.39, 0.29) is 4.90 Å². The number of anilines is 2. The average Bonchev–Trinajstić information content (AvgIpc) is 2.79. The molecule has 2 aromatic carbocycles. The normalized spacial score (nSPS) is 14.4. The van der Waals surface area contributed by atoms with Crippen molar-refractivity contribution in [2.45, 2.75) is 24.2 Å². The molecule has 1 N–H and O–H groups in total. The van der Waals surface area contributed by atoms with Crippen molar-refractivity contribution in [1.82, 2.24) is 4.31 Å². The highest BCUT2D eigenvalue weighted by Gasteiger charge is 2.24. The predicted molar refractivity (Wildman–Crippen MR) is 121 cm³/mol. The Morgan fingerprint density at radius 2 is 1.71 bits per heavy atom. The van der Waals surface area contributed by atoms with Gasteiger partial charge in [0.2, 0.25) is 10.0 Å². The second kappa shape index (κ2) is 9.57. The Labute approximate surface area is 183 Å². The maximum absolute atomic E-state index is 13.3. The summed E-state index contributed by atoms with van der Waals surface area (Å²) in [5.74, 6) is 0.645. The molecule has 168 valence electrons. The fourth-order valence-electron chi connectivity index (χ4n) is 3.57. The van der Waals surface area contributed by atoms with Crippen molar-refractivity contribution >= 4 is 27.3 Å². The number of nitrogens with one attached hydrogen (secondary N) is 1. The van der Waals surface area contributed by atoms with Gasteiger partial charge in [0.15, 0.2) is 0 Å². The van der Waals surface area contributed by atoms with Gasteiger partial charge in [-0.2, -0.15) is 0 Å². The number of amides is 1. The highest BCUT2D eigenvalue weighted by atomic mass is 32.2. The van der Waals surface area contributed by atoms with Gasteiger partial charge >= 0.3 is 0 Å². The van der Waals surface area contributed by atoms with Crippen molar-refractivity contribution in [3.63, 3.8) is 0 Å². The molecule has 0 saturated carbocycles. The predicted octanol–water partition coefficient (Wildman–Crippen LogP) is 3.20. The van der Waals surface area contributed by atoms with Crippen LogP contribution >= 0.6 is 0 Å². The Bertz CT molecular complexity index is 1050. The molecule has 3 rings (SSSR count). The lowest BCUT2D eigenvalue weighted by Crippen LogP contribution is -2.32. The Morgan fingerprint density at radius 1 is 1.00 bits per heavy atom. The van der Waals surface area contributed by atoms with Gasteiger partial charge < -0.3 is 19.7 Å². The minimum atomic E-state index is -3.68. The van der Waals surface area contributed by atoms with Gasteiger partial charge in [-0.3, -0.25) is 4.79 Å². The summed E-state index contributed by atoms with van der Waals surface area (Å²) in [6.07, 6.45) is 3.21. The molecule has 9 heteroatoms. The molecular weight excluding hydrogens is 418 g/mol. The van der Waals surface area contributed by atoms with Crippen LogP contribution in [-0.2, 0) is 10.0 Å². The third kappa shape index (κ3) is 4.94. The highest BCUT2D eigenvalue weighted by Crippen LogP contribution is 2.32. The fraction of sp³-hybridized carbons (Fsp3) is 0.409. The minimum absolute atomic E-state index is 0.0742. The van der Waals surface area contributed by atoms with Crippen molar-refractivity contribution in [3.8, 4) is 11.5 Å². The van der Waals surface area contributed by atoms with E-state index in [4.69, 9.17) is 9.47 Å². The van der Waals surface area contributed by atoms with E-state index < -0.39 is 15.9 Å². The van der Waals surface area contributed by atoms with Crippen LogP contribution in [0.3, 0.4) is 0 Å². The Kier molecular flexibility index (Phi) is 7.07. The molecular formula is C22H29N3O5S. The van der Waals surface area contributed by atoms with E-state index in [1.54, 1.807) is 37.4 Å². The van der Waals surface area contributed by atoms with E-state index in [9.17, 15) is 13.2 Å². The lowest BCUT2D eigenvalue weighted by atomic mass is 10.1. The maximum Gasteiger partial charge on any atom is 0.257 e. The van der Waals surface area contributed by atoms with E-state index in [2.05, 4.69) is 10.2 Å². The number of nitrogens with zero attached hydrogens (tertiary/aromatic N) is 2. The highest BCUT2D eigenvalue weighted by molar-refractivity contribution is 7.89. The first-order valence-electron chi connectivity index (χ1n) is 10.1. The second-order valence-electron chi connectivity index (χ2n) is 7.53. The van der Waals surface area contributed by atoms with E-state index in [1.807, 2.05) is 0 Å². The number of rotatable bonds is 7. The molecule has 1 saturated heterocycles. The number of piperidine rings is 1. The summed E-state index contributed by atoms with van der Waals surface area (Å²) >= 11 is 0. The molecule has 0 radical (unpaired) electrons. The number of hydrogen-bond donors (Lipinski definition) is 1. The third-order valence-corrected chi connectivity index (χ3v) is 7.16. The largest absolute Gasteiger partial charge is 0.497 e. The van der Waals surface area contributed by atoms with Crippen LogP contribution in [0.1, 0.15) is 29.6 Å². The molecule has 0 aliphatic carbocycles. The summed E-state index contributed by atoms with van der Waals surface area (Å²) in [6, 6.07) is 9.82. The molecule has 0 spiro atoms. The van der Waals surface area contributed by atoms with E-state index >= 15 is 0 Å². The molecule has 2 aromatic rings. The molecule has 0 aromatic heterocycles. The van der Waals surface area contributed by atoms with Gasteiger partial charge in [0, 0.05) is 38.9 Å². The molecule has 1 aliphatic heterocycles. The number of ether oxygens (including phenoxy) is 2. The molecule has 1 fully saturated rings. The number of carbonyl (C=O) groups excluding carboxylic acids is 1. The van der Waals surface area contributed by atoms with Crippen molar-refractivity contribution in [2.75, 3.05) is 51.6 Å². The van der Waals surface area contributed by atoms with Crippen LogP contribution in [0.25, 0.3) is 0 Å². The molecule has 0 bridgehead atoms. The Hall–Kier alpha value is -2.78. The molecule has 1 amide bonds. The first-order valence-corrected chi connectivity index (χ1v) is 11.6. The lowest BCUT2D eigenvalue weighted by molar-refractivity contribution is 0.102. The second-order valence-corrected chi connectivity index (χ2v) is 9.69. The van der Waals surface area contributed by atoms with Crippen LogP contribution in [0.15, 0.2) is 41.3 Å². The molecule has 31 heavy (non-hydrogen) atoms. The van der Waals surface area contributed by atoms with Crippen molar-refractivity contribution < 1.29 is 22.7 Å². The summed E-state index contributed by atoms with van der Waals surface area (Å²) in [5, 5.41) is 2.86. The Morgan fingerprint density at radius 3 is 2.32 bits per heavy atom. The number of methoxy groups -OCH3 is 2. The maximum atomic E-state index is 13.3. The molecule has 8 nitrogen and oxygen atoms in total. The van der Waals surface area contributed by atoms with Gasteiger partial charge in [0.05, 0.1) is 30.4 Å². The van der Waals surface area contributed by atoms with Crippen molar-refractivity contribution in [3.05, 3.63) is 42.0 Å². The SMILES string of the molecule is COc1ccc(NC(=O)c2cc(S(=O)(=O)N(C)C)ccc2N2CCCCC2)c(OC)c1. The number of benzene rings is 2. The van der Waals surface area contributed by atoms with Crippen LogP contribution in [0, 0.1) is 0 Å². The number of hydrogen-bond acceptors (Lipinski definition) is 6. The van der Waals surface area contributed by atoms with E-state index in [0.29, 0.717) is 22.7 Å². The zero-order valence-corrected chi connectivity index (χ0v) is 19.2. The van der Waals surface area contributed by atoms with E-state index in [1.165, 1.54) is 27.3 Å². The first kappa shape index (κ1) is 22.9. The van der Waals surface area contributed by atoms with Crippen LogP contribution in [0.5, 0.6) is 11.5 Å². The molecule has 1 aliphatic rings. The van der Waals surface area contributed by atoms with Gasteiger partial charge in [0.1, 0.15) is 11.5 Å². The molecule has 0 unspecified atom stereocenters. The lowest BCUT2D eigenvalue weighted by Gasteiger charge is -2.30. The summed E-state index contributed by atoms with van der Waals surface area (Å²) in [4.78, 5) is 15.5. The third-order valence-electron chi connectivity index (χ3n) is 5.34.